The van der Waals surface area contributed by atoms with Crippen molar-refractivity contribution in [1.29, 1.82) is 0 Å². The molecule has 0 aromatic heterocycles. The lowest BCUT2D eigenvalue weighted by Gasteiger charge is -2.31. The SMILES string of the molecule is CC(C)C[C@H](O)[C@H](O)C(CCC1CCCCC1)NC(=O)[C@@H](CC(=O)O)CC1CC1. The molecule has 0 aliphatic heterocycles. The Hall–Kier alpha value is -1.14. The molecule has 1 unspecified atom stereocenters. The van der Waals surface area contributed by atoms with E-state index in [1.807, 2.05) is 13.8 Å². The Labute approximate surface area is 175 Å². The van der Waals surface area contributed by atoms with Crippen LogP contribution in [0, 0.1) is 23.7 Å². The second-order valence-electron chi connectivity index (χ2n) is 9.86. The van der Waals surface area contributed by atoms with Gasteiger partial charge in [-0.05, 0) is 43.4 Å². The minimum Gasteiger partial charge on any atom is -0.481 e. The van der Waals surface area contributed by atoms with Gasteiger partial charge in [0, 0.05) is 5.92 Å². The van der Waals surface area contributed by atoms with Gasteiger partial charge in [-0.15, -0.1) is 0 Å². The highest BCUT2D eigenvalue weighted by molar-refractivity contribution is 5.83. The lowest BCUT2D eigenvalue weighted by Crippen LogP contribution is -2.50. The molecular formula is C23H41NO5. The van der Waals surface area contributed by atoms with Crippen LogP contribution in [-0.4, -0.2) is 45.4 Å². The number of nitrogens with one attached hydrogen (secondary N) is 1. The van der Waals surface area contributed by atoms with Gasteiger partial charge in [0.25, 0.3) is 0 Å². The van der Waals surface area contributed by atoms with Crippen LogP contribution in [0.5, 0.6) is 0 Å². The fourth-order valence-electron chi connectivity index (χ4n) is 4.66. The van der Waals surface area contributed by atoms with E-state index < -0.39 is 30.1 Å². The van der Waals surface area contributed by atoms with Crippen LogP contribution in [0.15, 0.2) is 0 Å². The van der Waals surface area contributed by atoms with Crippen molar-refractivity contribution >= 4 is 11.9 Å². The number of carbonyl (C=O) groups is 2. The third-order valence-electron chi connectivity index (χ3n) is 6.56. The minimum absolute atomic E-state index is 0.178. The Balaban J connectivity index is 2.00. The summed E-state index contributed by atoms with van der Waals surface area (Å²) < 4.78 is 0. The predicted molar refractivity (Wildman–Crippen MR) is 112 cm³/mol. The standard InChI is InChI=1S/C23H41NO5/c1-15(2)12-20(25)22(28)19(11-10-16-6-4-3-5-7-16)24-23(29)18(14-21(26)27)13-17-8-9-17/h15-20,22,25,28H,3-14H2,1-2H3,(H,24,29)(H,26,27)/t18-,19?,20+,22-/m1/s1. The van der Waals surface area contributed by atoms with Crippen molar-refractivity contribution in [2.45, 2.75) is 109 Å². The van der Waals surface area contributed by atoms with Gasteiger partial charge in [0.2, 0.25) is 5.91 Å². The molecule has 0 heterocycles. The molecule has 2 fully saturated rings. The van der Waals surface area contributed by atoms with E-state index in [-0.39, 0.29) is 18.2 Å². The fraction of sp³-hybridized carbons (Fsp3) is 0.913. The second kappa shape index (κ2) is 11.9. The lowest BCUT2D eigenvalue weighted by molar-refractivity contribution is -0.142. The van der Waals surface area contributed by atoms with E-state index in [2.05, 4.69) is 5.32 Å². The van der Waals surface area contributed by atoms with Crippen LogP contribution in [0.3, 0.4) is 0 Å². The minimum atomic E-state index is -1.03. The molecule has 0 radical (unpaired) electrons. The number of carbonyl (C=O) groups excluding carboxylic acids is 1. The Morgan fingerprint density at radius 1 is 1.00 bits per heavy atom. The molecule has 2 saturated carbocycles. The zero-order chi connectivity index (χ0) is 21.4. The zero-order valence-corrected chi connectivity index (χ0v) is 18.2. The summed E-state index contributed by atoms with van der Waals surface area (Å²) in [6.07, 6.45) is 8.76. The van der Waals surface area contributed by atoms with Crippen LogP contribution in [0.25, 0.3) is 0 Å². The molecular weight excluding hydrogens is 370 g/mol. The van der Waals surface area contributed by atoms with Gasteiger partial charge in [0.05, 0.1) is 24.7 Å². The number of hydrogen-bond donors (Lipinski definition) is 4. The summed E-state index contributed by atoms with van der Waals surface area (Å²) in [6, 6.07) is -0.534. The van der Waals surface area contributed by atoms with Crippen molar-refractivity contribution < 1.29 is 24.9 Å². The smallest absolute Gasteiger partial charge is 0.304 e. The van der Waals surface area contributed by atoms with Gasteiger partial charge in [-0.3, -0.25) is 9.59 Å². The number of hydrogen-bond acceptors (Lipinski definition) is 4. The number of aliphatic hydroxyl groups excluding tert-OH is 2. The van der Waals surface area contributed by atoms with E-state index >= 15 is 0 Å². The summed E-state index contributed by atoms with van der Waals surface area (Å²) >= 11 is 0. The normalized spacial score (nSPS) is 22.1. The molecule has 2 aliphatic rings. The molecule has 0 spiro atoms. The molecule has 6 nitrogen and oxygen atoms in total. The third-order valence-corrected chi connectivity index (χ3v) is 6.56. The monoisotopic (exact) mass is 411 g/mol. The first kappa shape index (κ1) is 24.1. The molecule has 0 bridgehead atoms. The average Bonchev–Trinajstić information content (AvgIpc) is 3.47. The van der Waals surface area contributed by atoms with Crippen molar-refractivity contribution in [2.24, 2.45) is 23.7 Å². The predicted octanol–water partition coefficient (Wildman–Crippen LogP) is 3.49. The number of rotatable bonds is 13. The first-order valence-electron chi connectivity index (χ1n) is 11.6. The number of carboxylic acid groups (broad SMARTS) is 1. The van der Waals surface area contributed by atoms with Gasteiger partial charge < -0.3 is 20.6 Å². The van der Waals surface area contributed by atoms with Crippen LogP contribution < -0.4 is 5.32 Å². The highest BCUT2D eigenvalue weighted by Gasteiger charge is 2.34. The van der Waals surface area contributed by atoms with Crippen molar-refractivity contribution in [1.82, 2.24) is 5.32 Å². The van der Waals surface area contributed by atoms with Crippen molar-refractivity contribution in [3.63, 3.8) is 0 Å². The first-order chi connectivity index (χ1) is 13.8. The van der Waals surface area contributed by atoms with E-state index in [0.717, 1.165) is 19.3 Å². The van der Waals surface area contributed by atoms with E-state index in [1.54, 1.807) is 0 Å². The number of carboxylic acids is 1. The van der Waals surface area contributed by atoms with Gasteiger partial charge >= 0.3 is 5.97 Å². The molecule has 29 heavy (non-hydrogen) atoms. The highest BCUT2D eigenvalue weighted by Crippen LogP contribution is 2.36. The maximum absolute atomic E-state index is 12.9. The molecule has 0 saturated heterocycles. The summed E-state index contributed by atoms with van der Waals surface area (Å²) in [7, 11) is 0. The largest absolute Gasteiger partial charge is 0.481 e. The second-order valence-corrected chi connectivity index (χ2v) is 9.86. The average molecular weight is 412 g/mol. The van der Waals surface area contributed by atoms with Gasteiger partial charge in [-0.25, -0.2) is 0 Å². The maximum atomic E-state index is 12.9. The Kier molecular flexibility index (Phi) is 9.90. The topological polar surface area (TPSA) is 107 Å². The summed E-state index contributed by atoms with van der Waals surface area (Å²) in [4.78, 5) is 24.1. The van der Waals surface area contributed by atoms with Gasteiger partial charge in [0.1, 0.15) is 0 Å². The molecule has 1 amide bonds. The van der Waals surface area contributed by atoms with Crippen molar-refractivity contribution in [3.8, 4) is 0 Å². The van der Waals surface area contributed by atoms with E-state index in [1.165, 1.54) is 32.1 Å². The van der Waals surface area contributed by atoms with Crippen LogP contribution in [0.4, 0.5) is 0 Å². The summed E-state index contributed by atoms with van der Waals surface area (Å²) in [5.41, 5.74) is 0. The van der Waals surface area contributed by atoms with Crippen LogP contribution in [0.2, 0.25) is 0 Å². The van der Waals surface area contributed by atoms with Gasteiger partial charge in [-0.2, -0.15) is 0 Å². The van der Waals surface area contributed by atoms with Gasteiger partial charge in [-0.1, -0.05) is 58.8 Å². The van der Waals surface area contributed by atoms with Crippen LogP contribution >= 0.6 is 0 Å². The first-order valence-corrected chi connectivity index (χ1v) is 11.6. The Morgan fingerprint density at radius 2 is 1.66 bits per heavy atom. The van der Waals surface area contributed by atoms with E-state index in [4.69, 9.17) is 0 Å². The number of amides is 1. The zero-order valence-electron chi connectivity index (χ0n) is 18.2. The van der Waals surface area contributed by atoms with Crippen molar-refractivity contribution in [3.05, 3.63) is 0 Å². The summed E-state index contributed by atoms with van der Waals surface area (Å²) in [6.45, 7) is 3.98. The number of aliphatic hydroxyl groups is 2. The summed E-state index contributed by atoms with van der Waals surface area (Å²) in [5, 5.41) is 33.4. The van der Waals surface area contributed by atoms with E-state index in [9.17, 15) is 24.9 Å². The number of aliphatic carboxylic acids is 1. The Morgan fingerprint density at radius 3 is 2.21 bits per heavy atom. The molecule has 6 heteroatoms. The van der Waals surface area contributed by atoms with Crippen LogP contribution in [0.1, 0.15) is 90.9 Å². The van der Waals surface area contributed by atoms with Crippen LogP contribution in [-0.2, 0) is 9.59 Å². The van der Waals surface area contributed by atoms with Gasteiger partial charge in [0.15, 0.2) is 0 Å². The summed E-state index contributed by atoms with van der Waals surface area (Å²) in [5.74, 6) is -0.523. The molecule has 2 aliphatic carbocycles. The lowest BCUT2D eigenvalue weighted by atomic mass is 9.83. The quantitative estimate of drug-likeness (QED) is 0.371. The molecule has 0 aromatic rings. The highest BCUT2D eigenvalue weighted by atomic mass is 16.4. The molecule has 4 N–H and O–H groups in total. The Bertz CT molecular complexity index is 513. The molecule has 0 aromatic carbocycles. The van der Waals surface area contributed by atoms with Crippen molar-refractivity contribution in [2.75, 3.05) is 0 Å². The van der Waals surface area contributed by atoms with E-state index in [0.29, 0.717) is 31.1 Å². The molecule has 2 rings (SSSR count). The molecule has 4 atom stereocenters. The maximum Gasteiger partial charge on any atom is 0.304 e. The molecule has 168 valence electrons. The fourth-order valence-corrected chi connectivity index (χ4v) is 4.66. The third kappa shape index (κ3) is 9.04.